The summed E-state index contributed by atoms with van der Waals surface area (Å²) in [6.07, 6.45) is 6.05. The lowest BCUT2D eigenvalue weighted by atomic mass is 9.95. The molecule has 1 aromatic heterocycles. The first-order valence-electron chi connectivity index (χ1n) is 7.14. The van der Waals surface area contributed by atoms with E-state index in [0.717, 1.165) is 29.8 Å². The van der Waals surface area contributed by atoms with Gasteiger partial charge < -0.3 is 4.98 Å². The molecule has 1 aliphatic carbocycles. The standard InChI is InChI=1S/C16H20N2O/c1-12-15(13-8-4-2-5-9-13)17-16(19)18(12)14-10-6-3-7-11-14/h2,4-5,8-9,14H,3,6-7,10-11H2,1H3,(H,17,19). The van der Waals surface area contributed by atoms with Crippen LogP contribution in [-0.4, -0.2) is 9.55 Å². The molecule has 0 unspecified atom stereocenters. The summed E-state index contributed by atoms with van der Waals surface area (Å²) in [6, 6.07) is 10.5. The first-order chi connectivity index (χ1) is 9.27. The quantitative estimate of drug-likeness (QED) is 0.875. The number of aromatic nitrogens is 2. The molecule has 3 nitrogen and oxygen atoms in total. The highest BCUT2D eigenvalue weighted by Crippen LogP contribution is 2.30. The van der Waals surface area contributed by atoms with E-state index in [4.69, 9.17) is 0 Å². The molecule has 100 valence electrons. The summed E-state index contributed by atoms with van der Waals surface area (Å²) in [6.45, 7) is 2.05. The molecule has 3 rings (SSSR count). The van der Waals surface area contributed by atoms with Crippen LogP contribution in [0.25, 0.3) is 11.3 Å². The Bertz CT molecular complexity index is 603. The topological polar surface area (TPSA) is 37.8 Å². The van der Waals surface area contributed by atoms with E-state index in [1.54, 1.807) is 0 Å². The van der Waals surface area contributed by atoms with Crippen molar-refractivity contribution in [2.45, 2.75) is 45.1 Å². The molecule has 0 amide bonds. The van der Waals surface area contributed by atoms with Gasteiger partial charge in [0.2, 0.25) is 0 Å². The summed E-state index contributed by atoms with van der Waals surface area (Å²) < 4.78 is 1.97. The second kappa shape index (κ2) is 5.08. The van der Waals surface area contributed by atoms with E-state index < -0.39 is 0 Å². The Labute approximate surface area is 113 Å². The zero-order valence-corrected chi connectivity index (χ0v) is 11.4. The Balaban J connectivity index is 2.03. The van der Waals surface area contributed by atoms with Crippen molar-refractivity contribution in [2.75, 3.05) is 0 Å². The van der Waals surface area contributed by atoms with Crippen molar-refractivity contribution in [3.05, 3.63) is 46.5 Å². The van der Waals surface area contributed by atoms with E-state index >= 15 is 0 Å². The van der Waals surface area contributed by atoms with Crippen molar-refractivity contribution in [2.24, 2.45) is 0 Å². The highest BCUT2D eigenvalue weighted by Gasteiger charge is 2.21. The Morgan fingerprint density at radius 1 is 1.11 bits per heavy atom. The average molecular weight is 256 g/mol. The summed E-state index contributed by atoms with van der Waals surface area (Å²) >= 11 is 0. The van der Waals surface area contributed by atoms with Crippen molar-refractivity contribution in [1.82, 2.24) is 9.55 Å². The van der Waals surface area contributed by atoms with Gasteiger partial charge in [-0.25, -0.2) is 4.79 Å². The summed E-state index contributed by atoms with van der Waals surface area (Å²) in [7, 11) is 0. The van der Waals surface area contributed by atoms with Crippen molar-refractivity contribution < 1.29 is 0 Å². The lowest BCUT2D eigenvalue weighted by molar-refractivity contribution is 0.343. The average Bonchev–Trinajstić information content (AvgIpc) is 2.76. The van der Waals surface area contributed by atoms with Crippen LogP contribution in [0.1, 0.15) is 43.8 Å². The molecule has 0 spiro atoms. The molecule has 0 bridgehead atoms. The minimum atomic E-state index is 0.0447. The third-order valence-corrected chi connectivity index (χ3v) is 4.18. The molecule has 1 N–H and O–H groups in total. The normalized spacial score (nSPS) is 16.7. The number of H-pyrrole nitrogens is 1. The third kappa shape index (κ3) is 2.25. The molecule has 0 radical (unpaired) electrons. The molecule has 1 saturated carbocycles. The molecule has 1 aromatic carbocycles. The van der Waals surface area contributed by atoms with Crippen molar-refractivity contribution >= 4 is 0 Å². The largest absolute Gasteiger partial charge is 0.326 e. The Kier molecular flexibility index (Phi) is 3.28. The van der Waals surface area contributed by atoms with Crippen LogP contribution in [0.4, 0.5) is 0 Å². The van der Waals surface area contributed by atoms with E-state index in [1.807, 2.05) is 34.9 Å². The Morgan fingerprint density at radius 2 is 1.79 bits per heavy atom. The number of imidazole rings is 1. The van der Waals surface area contributed by atoms with Crippen LogP contribution in [0.15, 0.2) is 35.1 Å². The second-order valence-corrected chi connectivity index (χ2v) is 5.42. The molecule has 1 fully saturated rings. The molecule has 3 heteroatoms. The maximum absolute atomic E-state index is 12.2. The number of benzene rings is 1. The second-order valence-electron chi connectivity index (χ2n) is 5.42. The Hall–Kier alpha value is -1.77. The van der Waals surface area contributed by atoms with Gasteiger partial charge in [0.05, 0.1) is 5.69 Å². The molecule has 0 saturated heterocycles. The number of aromatic amines is 1. The van der Waals surface area contributed by atoms with Gasteiger partial charge in [0.15, 0.2) is 0 Å². The summed E-state index contributed by atoms with van der Waals surface area (Å²) in [4.78, 5) is 15.3. The lowest BCUT2D eigenvalue weighted by Crippen LogP contribution is -2.25. The molecule has 1 heterocycles. The van der Waals surface area contributed by atoms with Gasteiger partial charge in [-0.2, -0.15) is 0 Å². The van der Waals surface area contributed by atoms with E-state index in [2.05, 4.69) is 11.9 Å². The fraction of sp³-hybridized carbons (Fsp3) is 0.438. The molecule has 2 aromatic rings. The van der Waals surface area contributed by atoms with E-state index in [9.17, 15) is 4.79 Å². The van der Waals surface area contributed by atoms with E-state index in [-0.39, 0.29) is 5.69 Å². The third-order valence-electron chi connectivity index (χ3n) is 4.18. The predicted molar refractivity (Wildman–Crippen MR) is 77.3 cm³/mol. The van der Waals surface area contributed by atoms with Gasteiger partial charge >= 0.3 is 5.69 Å². The summed E-state index contributed by atoms with van der Waals surface area (Å²) in [5, 5.41) is 0. The van der Waals surface area contributed by atoms with E-state index in [0.29, 0.717) is 6.04 Å². The number of nitrogens with one attached hydrogen (secondary N) is 1. The van der Waals surface area contributed by atoms with Crippen LogP contribution in [0.2, 0.25) is 0 Å². The summed E-state index contributed by atoms with van der Waals surface area (Å²) in [5.74, 6) is 0. The molecular weight excluding hydrogens is 236 g/mol. The molecule has 1 aliphatic rings. The fourth-order valence-corrected chi connectivity index (χ4v) is 3.20. The predicted octanol–water partition coefficient (Wildman–Crippen LogP) is 3.66. The van der Waals surface area contributed by atoms with Crippen LogP contribution in [0, 0.1) is 6.92 Å². The number of hydrogen-bond acceptors (Lipinski definition) is 1. The van der Waals surface area contributed by atoms with Crippen LogP contribution in [0.3, 0.4) is 0 Å². The summed E-state index contributed by atoms with van der Waals surface area (Å²) in [5.41, 5.74) is 3.18. The number of rotatable bonds is 2. The lowest BCUT2D eigenvalue weighted by Gasteiger charge is -2.23. The van der Waals surface area contributed by atoms with Gasteiger partial charge in [-0.05, 0) is 25.3 Å². The number of nitrogens with zero attached hydrogens (tertiary/aromatic N) is 1. The van der Waals surface area contributed by atoms with Crippen LogP contribution in [-0.2, 0) is 0 Å². The Morgan fingerprint density at radius 3 is 2.47 bits per heavy atom. The zero-order valence-electron chi connectivity index (χ0n) is 11.4. The number of hydrogen-bond donors (Lipinski definition) is 1. The van der Waals surface area contributed by atoms with Crippen molar-refractivity contribution in [3.8, 4) is 11.3 Å². The smallest absolute Gasteiger partial charge is 0.305 e. The fourth-order valence-electron chi connectivity index (χ4n) is 3.20. The monoisotopic (exact) mass is 256 g/mol. The van der Waals surface area contributed by atoms with Gasteiger partial charge in [-0.1, -0.05) is 49.6 Å². The molecule has 0 aliphatic heterocycles. The van der Waals surface area contributed by atoms with Crippen molar-refractivity contribution in [1.29, 1.82) is 0 Å². The van der Waals surface area contributed by atoms with Crippen LogP contribution >= 0.6 is 0 Å². The molecule has 0 atom stereocenters. The zero-order chi connectivity index (χ0) is 13.2. The van der Waals surface area contributed by atoms with Crippen LogP contribution in [0.5, 0.6) is 0 Å². The molecular formula is C16H20N2O. The maximum atomic E-state index is 12.2. The molecule has 19 heavy (non-hydrogen) atoms. The van der Waals surface area contributed by atoms with Gasteiger partial charge in [0.25, 0.3) is 0 Å². The minimum absolute atomic E-state index is 0.0447. The van der Waals surface area contributed by atoms with Crippen molar-refractivity contribution in [3.63, 3.8) is 0 Å². The van der Waals surface area contributed by atoms with Gasteiger partial charge in [0.1, 0.15) is 0 Å². The van der Waals surface area contributed by atoms with Crippen LogP contribution < -0.4 is 5.69 Å². The van der Waals surface area contributed by atoms with E-state index in [1.165, 1.54) is 19.3 Å². The highest BCUT2D eigenvalue weighted by molar-refractivity contribution is 5.61. The van der Waals surface area contributed by atoms with Gasteiger partial charge in [0, 0.05) is 11.7 Å². The SMILES string of the molecule is Cc1c(-c2ccccc2)[nH]c(=O)n1C1CCCCC1. The van der Waals surface area contributed by atoms with Gasteiger partial charge in [-0.3, -0.25) is 4.57 Å². The maximum Gasteiger partial charge on any atom is 0.326 e. The highest BCUT2D eigenvalue weighted by atomic mass is 16.1. The minimum Gasteiger partial charge on any atom is -0.305 e. The first kappa shape index (κ1) is 12.3. The van der Waals surface area contributed by atoms with Gasteiger partial charge in [-0.15, -0.1) is 0 Å². The first-order valence-corrected chi connectivity index (χ1v) is 7.14.